The number of sulfonamides is 1. The summed E-state index contributed by atoms with van der Waals surface area (Å²) < 4.78 is 32.2. The van der Waals surface area contributed by atoms with Gasteiger partial charge in [0.15, 0.2) is 0 Å². The summed E-state index contributed by atoms with van der Waals surface area (Å²) >= 11 is 1.28. The van der Waals surface area contributed by atoms with Crippen molar-refractivity contribution in [3.63, 3.8) is 0 Å². The normalized spacial score (nSPS) is 15.7. The van der Waals surface area contributed by atoms with Crippen molar-refractivity contribution in [3.05, 3.63) is 35.3 Å². The van der Waals surface area contributed by atoms with Gasteiger partial charge in [0, 0.05) is 5.38 Å². The van der Waals surface area contributed by atoms with E-state index in [-0.39, 0.29) is 5.69 Å². The fourth-order valence-corrected chi connectivity index (χ4v) is 5.28. The van der Waals surface area contributed by atoms with Gasteiger partial charge < -0.3 is 4.74 Å². The summed E-state index contributed by atoms with van der Waals surface area (Å²) in [6.45, 7) is 0. The first-order valence-corrected chi connectivity index (χ1v) is 10.6. The third-order valence-corrected chi connectivity index (χ3v) is 6.99. The van der Waals surface area contributed by atoms with Crippen molar-refractivity contribution in [2.75, 3.05) is 7.11 Å². The molecule has 1 N–H and O–H groups in total. The zero-order valence-electron chi connectivity index (χ0n) is 13.9. The number of hydrogen-bond acceptors (Lipinski definition) is 6. The van der Waals surface area contributed by atoms with Gasteiger partial charge in [-0.1, -0.05) is 31.4 Å². The Morgan fingerprint density at radius 1 is 1.24 bits per heavy atom. The van der Waals surface area contributed by atoms with Crippen LogP contribution >= 0.6 is 11.3 Å². The topological polar surface area (TPSA) is 85.4 Å². The maximum atomic E-state index is 12.4. The van der Waals surface area contributed by atoms with Crippen molar-refractivity contribution in [2.45, 2.75) is 37.4 Å². The lowest BCUT2D eigenvalue weighted by Gasteiger charge is -2.21. The van der Waals surface area contributed by atoms with Gasteiger partial charge in [-0.25, -0.2) is 18.1 Å². The van der Waals surface area contributed by atoms with Gasteiger partial charge in [-0.05, 0) is 25.0 Å². The Morgan fingerprint density at radius 3 is 2.68 bits per heavy atom. The van der Waals surface area contributed by atoms with E-state index >= 15 is 0 Å². The van der Waals surface area contributed by atoms with Crippen LogP contribution in [0.3, 0.4) is 0 Å². The minimum absolute atomic E-state index is 0.102. The quantitative estimate of drug-likeness (QED) is 0.861. The first-order valence-electron chi connectivity index (χ1n) is 8.16. The number of para-hydroxylation sites is 1. The number of methoxy groups -OCH3 is 1. The molecule has 1 aromatic carbocycles. The van der Waals surface area contributed by atoms with Crippen molar-refractivity contribution < 1.29 is 17.9 Å². The molecule has 8 heteroatoms. The lowest BCUT2D eigenvalue weighted by Crippen LogP contribution is -2.39. The summed E-state index contributed by atoms with van der Waals surface area (Å²) in [5.74, 6) is -0.0263. The van der Waals surface area contributed by atoms with Crippen LogP contribution in [-0.4, -0.2) is 31.7 Å². The van der Waals surface area contributed by atoms with Gasteiger partial charge in [-0.3, -0.25) is 4.79 Å². The van der Waals surface area contributed by atoms with Crippen molar-refractivity contribution >= 4 is 27.3 Å². The highest BCUT2D eigenvalue weighted by atomic mass is 32.2. The van der Waals surface area contributed by atoms with Crippen LogP contribution in [0.25, 0.3) is 10.6 Å². The number of carbonyl (C=O) groups is 1. The Kier molecular flexibility index (Phi) is 5.39. The van der Waals surface area contributed by atoms with Crippen LogP contribution in [0, 0.1) is 0 Å². The molecule has 1 aliphatic rings. The van der Waals surface area contributed by atoms with E-state index in [4.69, 9.17) is 4.74 Å². The molecule has 0 saturated heterocycles. The van der Waals surface area contributed by atoms with Gasteiger partial charge >= 0.3 is 0 Å². The molecule has 0 bridgehead atoms. The number of nitrogens with one attached hydrogen (secondary N) is 1. The van der Waals surface area contributed by atoms with Gasteiger partial charge in [-0.2, -0.15) is 0 Å². The molecule has 6 nitrogen and oxygen atoms in total. The molecule has 2 aromatic rings. The molecule has 134 valence electrons. The number of ether oxygens (including phenoxy) is 1. The molecule has 1 heterocycles. The fourth-order valence-electron chi connectivity index (χ4n) is 2.96. The largest absolute Gasteiger partial charge is 0.496 e. The van der Waals surface area contributed by atoms with Crippen molar-refractivity contribution in [1.82, 2.24) is 9.71 Å². The lowest BCUT2D eigenvalue weighted by atomic mass is 10.0. The highest BCUT2D eigenvalue weighted by Gasteiger charge is 2.29. The average Bonchev–Trinajstić information content (AvgIpc) is 3.12. The molecule has 3 rings (SSSR count). The molecule has 0 atom stereocenters. The minimum atomic E-state index is -3.66. The molecule has 1 fully saturated rings. The fraction of sp³-hybridized carbons (Fsp3) is 0.412. The summed E-state index contributed by atoms with van der Waals surface area (Å²) in [5, 5.41) is 1.68. The smallest absolute Gasteiger partial charge is 0.284 e. The predicted molar refractivity (Wildman–Crippen MR) is 97.4 cm³/mol. The van der Waals surface area contributed by atoms with Crippen LogP contribution in [-0.2, 0) is 10.0 Å². The Bertz CT molecular complexity index is 855. The molecule has 0 unspecified atom stereocenters. The van der Waals surface area contributed by atoms with Crippen LogP contribution in [0.15, 0.2) is 29.6 Å². The number of benzene rings is 1. The lowest BCUT2D eigenvalue weighted by molar-refractivity contribution is 0.0976. The summed E-state index contributed by atoms with van der Waals surface area (Å²) in [7, 11) is -2.09. The second kappa shape index (κ2) is 7.53. The van der Waals surface area contributed by atoms with E-state index in [1.807, 2.05) is 24.3 Å². The van der Waals surface area contributed by atoms with Gasteiger partial charge in [-0.15, -0.1) is 11.3 Å². The van der Waals surface area contributed by atoms with E-state index in [9.17, 15) is 13.2 Å². The van der Waals surface area contributed by atoms with E-state index in [2.05, 4.69) is 9.71 Å². The number of hydrogen-bond donors (Lipinski definition) is 1. The van der Waals surface area contributed by atoms with Crippen LogP contribution in [0.4, 0.5) is 0 Å². The van der Waals surface area contributed by atoms with Gasteiger partial charge in [0.25, 0.3) is 5.91 Å². The number of aromatic nitrogens is 1. The van der Waals surface area contributed by atoms with E-state index in [1.165, 1.54) is 11.3 Å². The molecule has 25 heavy (non-hydrogen) atoms. The summed E-state index contributed by atoms with van der Waals surface area (Å²) in [4.78, 5) is 16.6. The summed E-state index contributed by atoms with van der Waals surface area (Å²) in [5.41, 5.74) is 0.870. The maximum Gasteiger partial charge on any atom is 0.284 e. The maximum absolute atomic E-state index is 12.4. The average molecular weight is 380 g/mol. The standard InChI is InChI=1S/C17H20N2O4S2/c1-23-15-10-6-5-9-13(15)17-18-14(11-24-17)16(20)19-25(21,22)12-7-3-2-4-8-12/h5-6,9-12H,2-4,7-8H2,1H3,(H,19,20). The van der Waals surface area contributed by atoms with Crippen molar-refractivity contribution in [3.8, 4) is 16.3 Å². The second-order valence-corrected chi connectivity index (χ2v) is 8.79. The molecular formula is C17H20N2O4S2. The Balaban J connectivity index is 1.77. The Hall–Kier alpha value is -1.93. The molecule has 0 spiro atoms. The molecular weight excluding hydrogens is 360 g/mol. The highest BCUT2D eigenvalue weighted by Crippen LogP contribution is 2.32. The van der Waals surface area contributed by atoms with E-state index in [0.717, 1.165) is 24.8 Å². The number of carbonyl (C=O) groups excluding carboxylic acids is 1. The zero-order valence-corrected chi connectivity index (χ0v) is 15.5. The second-order valence-electron chi connectivity index (χ2n) is 5.97. The minimum Gasteiger partial charge on any atom is -0.496 e. The van der Waals surface area contributed by atoms with Crippen LogP contribution in [0.2, 0.25) is 0 Å². The SMILES string of the molecule is COc1ccccc1-c1nc(C(=O)NS(=O)(=O)C2CCCCC2)cs1. The van der Waals surface area contributed by atoms with E-state index < -0.39 is 21.2 Å². The van der Waals surface area contributed by atoms with E-state index in [1.54, 1.807) is 12.5 Å². The number of nitrogens with zero attached hydrogens (tertiary/aromatic N) is 1. The van der Waals surface area contributed by atoms with Gasteiger partial charge in [0.1, 0.15) is 16.5 Å². The van der Waals surface area contributed by atoms with Crippen molar-refractivity contribution in [2.24, 2.45) is 0 Å². The molecule has 1 aromatic heterocycles. The summed E-state index contributed by atoms with van der Waals surface area (Å²) in [6.07, 6.45) is 4.02. The molecule has 1 amide bonds. The first kappa shape index (κ1) is 17.9. The molecule has 0 aliphatic heterocycles. The van der Waals surface area contributed by atoms with Crippen LogP contribution in [0.5, 0.6) is 5.75 Å². The van der Waals surface area contributed by atoms with Crippen molar-refractivity contribution in [1.29, 1.82) is 0 Å². The monoisotopic (exact) mass is 380 g/mol. The Labute approximate surface area is 151 Å². The number of thiazole rings is 1. The molecule has 1 saturated carbocycles. The summed E-state index contributed by atoms with van der Waals surface area (Å²) in [6, 6.07) is 7.36. The third kappa shape index (κ3) is 4.01. The molecule has 1 aliphatic carbocycles. The zero-order chi connectivity index (χ0) is 17.9. The van der Waals surface area contributed by atoms with Gasteiger partial charge in [0.05, 0.1) is 17.9 Å². The third-order valence-electron chi connectivity index (χ3n) is 4.30. The van der Waals surface area contributed by atoms with Gasteiger partial charge in [0.2, 0.25) is 10.0 Å². The molecule has 0 radical (unpaired) electrons. The van der Waals surface area contributed by atoms with E-state index in [0.29, 0.717) is 23.6 Å². The Morgan fingerprint density at radius 2 is 1.96 bits per heavy atom. The van der Waals surface area contributed by atoms with Crippen LogP contribution in [0.1, 0.15) is 42.6 Å². The van der Waals surface area contributed by atoms with Crippen LogP contribution < -0.4 is 9.46 Å². The number of amides is 1. The first-order chi connectivity index (χ1) is 12.0. The highest BCUT2D eigenvalue weighted by molar-refractivity contribution is 7.90. The number of rotatable bonds is 5. The predicted octanol–water partition coefficient (Wildman–Crippen LogP) is 3.21.